The molecule has 0 aliphatic carbocycles. The number of ketones is 1. The van der Waals surface area contributed by atoms with Crippen molar-refractivity contribution in [2.24, 2.45) is 0 Å². The van der Waals surface area contributed by atoms with Gasteiger partial charge in [-0.05, 0) is 31.0 Å². The second kappa shape index (κ2) is 7.94. The van der Waals surface area contributed by atoms with Crippen molar-refractivity contribution in [2.45, 2.75) is 19.8 Å². The van der Waals surface area contributed by atoms with Gasteiger partial charge in [0.25, 0.3) is 0 Å². The number of rotatable bonds is 6. The molecule has 0 aromatic heterocycles. The lowest BCUT2D eigenvalue weighted by Gasteiger charge is -2.34. The van der Waals surface area contributed by atoms with Crippen molar-refractivity contribution < 1.29 is 14.3 Å². The fraction of sp³-hybridized carbons (Fsp3) is 0.529. The summed E-state index contributed by atoms with van der Waals surface area (Å²) in [7, 11) is 1.64. The minimum Gasteiger partial charge on any atom is -0.497 e. The number of hydrogen-bond donors (Lipinski definition) is 0. The maximum atomic E-state index is 12.2. The molecule has 1 heterocycles. The number of Topliss-reactive ketones (excluding diaryl/α,β-unsaturated/α-hetero) is 1. The fourth-order valence-corrected chi connectivity index (χ4v) is 2.67. The Labute approximate surface area is 131 Å². The Hall–Kier alpha value is -1.88. The van der Waals surface area contributed by atoms with Crippen molar-refractivity contribution in [3.05, 3.63) is 29.8 Å². The topological polar surface area (TPSA) is 49.9 Å². The average Bonchev–Trinajstić information content (AvgIpc) is 2.53. The number of carbonyl (C=O) groups is 2. The summed E-state index contributed by atoms with van der Waals surface area (Å²) in [6.45, 7) is 5.10. The summed E-state index contributed by atoms with van der Waals surface area (Å²) >= 11 is 0. The molecule has 5 heteroatoms. The largest absolute Gasteiger partial charge is 0.497 e. The summed E-state index contributed by atoms with van der Waals surface area (Å²) in [6, 6.07) is 7.83. The molecule has 1 aromatic carbocycles. The Morgan fingerprint density at radius 1 is 1.09 bits per heavy atom. The van der Waals surface area contributed by atoms with Gasteiger partial charge in [-0.25, -0.2) is 0 Å². The third-order valence-corrected chi connectivity index (χ3v) is 3.96. The van der Waals surface area contributed by atoms with Crippen LogP contribution in [0.2, 0.25) is 0 Å². The number of methoxy groups -OCH3 is 1. The van der Waals surface area contributed by atoms with E-state index in [1.165, 1.54) is 0 Å². The first-order valence-electron chi connectivity index (χ1n) is 7.71. The summed E-state index contributed by atoms with van der Waals surface area (Å²) in [4.78, 5) is 27.4. The van der Waals surface area contributed by atoms with Gasteiger partial charge in [-0.15, -0.1) is 0 Å². The van der Waals surface area contributed by atoms with E-state index in [9.17, 15) is 9.59 Å². The Balaban J connectivity index is 1.74. The fourth-order valence-electron chi connectivity index (χ4n) is 2.67. The molecule has 1 fully saturated rings. The molecule has 0 radical (unpaired) electrons. The van der Waals surface area contributed by atoms with Crippen molar-refractivity contribution in [1.82, 2.24) is 9.80 Å². The van der Waals surface area contributed by atoms with Crippen molar-refractivity contribution in [3.8, 4) is 5.75 Å². The van der Waals surface area contributed by atoms with Gasteiger partial charge in [0.2, 0.25) is 5.91 Å². The highest BCUT2D eigenvalue weighted by molar-refractivity contribution is 5.78. The summed E-state index contributed by atoms with van der Waals surface area (Å²) in [5.41, 5.74) is 1.14. The first-order valence-corrected chi connectivity index (χ1v) is 7.71. The Kier molecular flexibility index (Phi) is 5.95. The molecule has 0 N–H and O–H groups in total. The van der Waals surface area contributed by atoms with E-state index < -0.39 is 0 Å². The molecule has 22 heavy (non-hydrogen) atoms. The standard InChI is InChI=1S/C17H24N2O3/c1-14(20)13-18-9-11-19(12-10-18)17(21)8-5-15-3-6-16(22-2)7-4-15/h3-4,6-7H,5,8-13H2,1-2H3. The highest BCUT2D eigenvalue weighted by Gasteiger charge is 2.21. The Morgan fingerprint density at radius 2 is 1.73 bits per heavy atom. The number of nitrogens with zero attached hydrogens (tertiary/aromatic N) is 2. The predicted octanol–water partition coefficient (Wildman–Crippen LogP) is 1.36. The van der Waals surface area contributed by atoms with E-state index in [1.807, 2.05) is 29.2 Å². The molecule has 1 aliphatic heterocycles. The van der Waals surface area contributed by atoms with Gasteiger partial charge in [0.15, 0.2) is 0 Å². The van der Waals surface area contributed by atoms with Gasteiger partial charge in [0.05, 0.1) is 13.7 Å². The SMILES string of the molecule is COc1ccc(CCC(=O)N2CCN(CC(C)=O)CC2)cc1. The molecule has 0 bridgehead atoms. The number of amides is 1. The first-order chi connectivity index (χ1) is 10.6. The zero-order chi connectivity index (χ0) is 15.9. The zero-order valence-corrected chi connectivity index (χ0v) is 13.4. The van der Waals surface area contributed by atoms with E-state index in [-0.39, 0.29) is 11.7 Å². The number of aryl methyl sites for hydroxylation is 1. The van der Waals surface area contributed by atoms with Gasteiger partial charge in [0, 0.05) is 32.6 Å². The summed E-state index contributed by atoms with van der Waals surface area (Å²) in [5, 5.41) is 0. The summed E-state index contributed by atoms with van der Waals surface area (Å²) in [5.74, 6) is 1.20. The van der Waals surface area contributed by atoms with Crippen LogP contribution in [0.4, 0.5) is 0 Å². The third kappa shape index (κ3) is 4.84. The van der Waals surface area contributed by atoms with Gasteiger partial charge in [-0.1, -0.05) is 12.1 Å². The molecule has 0 spiro atoms. The molecule has 0 unspecified atom stereocenters. The van der Waals surface area contributed by atoms with E-state index in [2.05, 4.69) is 4.90 Å². The van der Waals surface area contributed by atoms with Crippen LogP contribution in [0.15, 0.2) is 24.3 Å². The van der Waals surface area contributed by atoms with Crippen LogP contribution in [0.3, 0.4) is 0 Å². The minimum atomic E-state index is 0.180. The number of benzene rings is 1. The predicted molar refractivity (Wildman–Crippen MR) is 85.0 cm³/mol. The first kappa shape index (κ1) is 16.5. The maximum Gasteiger partial charge on any atom is 0.222 e. The smallest absolute Gasteiger partial charge is 0.222 e. The minimum absolute atomic E-state index is 0.180. The highest BCUT2D eigenvalue weighted by Crippen LogP contribution is 2.13. The maximum absolute atomic E-state index is 12.2. The molecule has 2 rings (SSSR count). The second-order valence-electron chi connectivity index (χ2n) is 5.71. The van der Waals surface area contributed by atoms with Gasteiger partial charge >= 0.3 is 0 Å². The molecule has 1 amide bonds. The van der Waals surface area contributed by atoms with Crippen LogP contribution in [0.25, 0.3) is 0 Å². The normalized spacial score (nSPS) is 15.6. The van der Waals surface area contributed by atoms with Crippen LogP contribution in [-0.4, -0.2) is 61.3 Å². The molecule has 1 saturated heterocycles. The Bertz CT molecular complexity index is 505. The molecule has 1 aliphatic rings. The van der Waals surface area contributed by atoms with Gasteiger partial charge in [-0.2, -0.15) is 0 Å². The van der Waals surface area contributed by atoms with Crippen molar-refractivity contribution in [1.29, 1.82) is 0 Å². The van der Waals surface area contributed by atoms with Gasteiger partial charge < -0.3 is 9.64 Å². The average molecular weight is 304 g/mol. The zero-order valence-electron chi connectivity index (χ0n) is 13.4. The number of carbonyl (C=O) groups excluding carboxylic acids is 2. The Morgan fingerprint density at radius 3 is 2.27 bits per heavy atom. The molecule has 0 atom stereocenters. The molecule has 5 nitrogen and oxygen atoms in total. The monoisotopic (exact) mass is 304 g/mol. The number of ether oxygens (including phenoxy) is 1. The lowest BCUT2D eigenvalue weighted by molar-refractivity contribution is -0.133. The van der Waals surface area contributed by atoms with E-state index >= 15 is 0 Å². The van der Waals surface area contributed by atoms with E-state index in [4.69, 9.17) is 4.74 Å². The van der Waals surface area contributed by atoms with Crippen molar-refractivity contribution in [3.63, 3.8) is 0 Å². The number of hydrogen-bond acceptors (Lipinski definition) is 4. The van der Waals surface area contributed by atoms with Crippen LogP contribution in [0.5, 0.6) is 5.75 Å². The quantitative estimate of drug-likeness (QED) is 0.796. The van der Waals surface area contributed by atoms with Crippen LogP contribution < -0.4 is 4.74 Å². The van der Waals surface area contributed by atoms with E-state index in [1.54, 1.807) is 14.0 Å². The molecular weight excluding hydrogens is 280 g/mol. The summed E-state index contributed by atoms with van der Waals surface area (Å²) < 4.78 is 5.12. The molecular formula is C17H24N2O3. The third-order valence-electron chi connectivity index (χ3n) is 3.96. The lowest BCUT2D eigenvalue weighted by Crippen LogP contribution is -2.49. The van der Waals surface area contributed by atoms with Crippen LogP contribution in [0, 0.1) is 0 Å². The van der Waals surface area contributed by atoms with Gasteiger partial charge in [0.1, 0.15) is 11.5 Å². The molecule has 1 aromatic rings. The second-order valence-corrected chi connectivity index (χ2v) is 5.71. The number of piperazine rings is 1. The highest BCUT2D eigenvalue weighted by atomic mass is 16.5. The molecule has 0 saturated carbocycles. The van der Waals surface area contributed by atoms with E-state index in [0.29, 0.717) is 26.1 Å². The lowest BCUT2D eigenvalue weighted by atomic mass is 10.1. The summed E-state index contributed by atoms with van der Waals surface area (Å²) in [6.07, 6.45) is 1.27. The molecule has 120 valence electrons. The van der Waals surface area contributed by atoms with Crippen LogP contribution in [0.1, 0.15) is 18.9 Å². The van der Waals surface area contributed by atoms with Crippen LogP contribution in [-0.2, 0) is 16.0 Å². The van der Waals surface area contributed by atoms with E-state index in [0.717, 1.165) is 30.8 Å². The van der Waals surface area contributed by atoms with Crippen molar-refractivity contribution >= 4 is 11.7 Å². The van der Waals surface area contributed by atoms with Crippen LogP contribution >= 0.6 is 0 Å². The van der Waals surface area contributed by atoms with Gasteiger partial charge in [-0.3, -0.25) is 14.5 Å². The van der Waals surface area contributed by atoms with Crippen molar-refractivity contribution in [2.75, 3.05) is 39.8 Å².